The fraction of sp³-hybridized carbons (Fsp3) is 0.316. The molecule has 0 saturated carbocycles. The fourth-order valence-corrected chi connectivity index (χ4v) is 9.86. The highest BCUT2D eigenvalue weighted by molar-refractivity contribution is 6.16. The van der Waals surface area contributed by atoms with E-state index in [0.717, 1.165) is 39.3 Å². The summed E-state index contributed by atoms with van der Waals surface area (Å²) in [6, 6.07) is 30.4. The van der Waals surface area contributed by atoms with Crippen molar-refractivity contribution in [3.05, 3.63) is 137 Å². The maximum Gasteiger partial charge on any atom is 0.333 e. The van der Waals surface area contributed by atoms with Crippen molar-refractivity contribution in [3.63, 3.8) is 0 Å². The molecule has 394 valence electrons. The van der Waals surface area contributed by atoms with E-state index in [1.54, 1.807) is 41.2 Å². The van der Waals surface area contributed by atoms with Gasteiger partial charge in [0.15, 0.2) is 23.0 Å². The molecule has 0 aliphatic carbocycles. The standard InChI is InChI=1S/C57H58N6O13/c1-69-19-20-73-22-21-72-18-17-60(16-8-13-55(66)76-63-53(64)14-15-54(63)65)40-24-36(34-74-51-30-45-43(28-49(51)70-2)56(67)61-41(32-58-45)26-38-9-4-6-11-47(38)61)23-37(25-40)35-75-52-31-46-44(29-50(52)71-3)57(68)62-42(33-59-46)27-39-10-5-7-12-48(39)62/h4-7,9-12,14-15,23-25,28-33,41-42,64-65H,8,13,16-22,26-27,34-35H2,1-3H3/t41-,42-/m0/s1. The third kappa shape index (κ3) is 10.9. The van der Waals surface area contributed by atoms with Gasteiger partial charge in [-0.05, 0) is 71.1 Å². The highest BCUT2D eigenvalue weighted by Crippen LogP contribution is 2.43. The third-order valence-electron chi connectivity index (χ3n) is 13.6. The maximum absolute atomic E-state index is 14.2. The quantitative estimate of drug-likeness (QED) is 0.0595. The summed E-state index contributed by atoms with van der Waals surface area (Å²) in [5.41, 5.74) is 7.80. The van der Waals surface area contributed by atoms with Gasteiger partial charge in [-0.25, -0.2) is 4.79 Å². The first kappa shape index (κ1) is 51.1. The Hall–Kier alpha value is -8.39. The first-order valence-corrected chi connectivity index (χ1v) is 25.0. The number of aromatic hydroxyl groups is 2. The van der Waals surface area contributed by atoms with E-state index >= 15 is 0 Å². The van der Waals surface area contributed by atoms with Gasteiger partial charge in [0, 0.05) is 93.2 Å². The molecule has 19 heteroatoms. The second-order valence-electron chi connectivity index (χ2n) is 18.4. The van der Waals surface area contributed by atoms with Crippen molar-refractivity contribution in [3.8, 4) is 34.8 Å². The molecule has 4 aliphatic rings. The van der Waals surface area contributed by atoms with Crippen LogP contribution in [0.1, 0.15) is 55.8 Å². The van der Waals surface area contributed by atoms with Crippen LogP contribution in [0.5, 0.6) is 34.8 Å². The number of hydrogen-bond donors (Lipinski definition) is 2. The van der Waals surface area contributed by atoms with Crippen molar-refractivity contribution in [2.24, 2.45) is 9.98 Å². The number of aromatic nitrogens is 1. The highest BCUT2D eigenvalue weighted by Gasteiger charge is 2.38. The largest absolute Gasteiger partial charge is 0.493 e. The summed E-state index contributed by atoms with van der Waals surface area (Å²) in [6.45, 7) is 2.79. The van der Waals surface area contributed by atoms with E-state index in [9.17, 15) is 24.6 Å². The average Bonchev–Trinajstić information content (AvgIpc) is 4.05. The molecule has 0 saturated heterocycles. The van der Waals surface area contributed by atoms with Crippen LogP contribution in [0.2, 0.25) is 0 Å². The number of fused-ring (bicyclic) bond motifs is 8. The highest BCUT2D eigenvalue weighted by atomic mass is 16.7. The molecule has 0 unspecified atom stereocenters. The molecule has 10 rings (SSSR count). The monoisotopic (exact) mass is 1030 g/mol. The van der Waals surface area contributed by atoms with Crippen molar-refractivity contribution in [1.82, 2.24) is 4.73 Å². The van der Waals surface area contributed by atoms with Crippen LogP contribution in [0.4, 0.5) is 28.4 Å². The van der Waals surface area contributed by atoms with Crippen LogP contribution in [-0.4, -0.2) is 125 Å². The molecule has 0 bridgehead atoms. The number of rotatable bonds is 23. The number of anilines is 3. The number of ether oxygens (including phenoxy) is 7. The molecule has 1 aromatic heterocycles. The Bertz CT molecular complexity index is 3010. The lowest BCUT2D eigenvalue weighted by atomic mass is 10.1. The predicted octanol–water partition coefficient (Wildman–Crippen LogP) is 7.57. The number of aliphatic imine (C=N–C) groups is 2. The second-order valence-corrected chi connectivity index (χ2v) is 18.4. The van der Waals surface area contributed by atoms with E-state index in [1.807, 2.05) is 79.2 Å². The maximum atomic E-state index is 14.2. The molecule has 0 radical (unpaired) electrons. The molecule has 0 spiro atoms. The van der Waals surface area contributed by atoms with Crippen LogP contribution in [-0.2, 0) is 45.1 Å². The SMILES string of the molecule is COCCOCCOCCN(CCCC(=O)On1c(O)ccc1O)c1cc(COc2cc3c(cc2OC)C(=O)N2c4ccccc4C[C@H]2C=N3)cc(COc2cc3c(cc2OC)C(=O)N2c4ccccc4C[C@H]2C=N3)c1. The normalized spacial score (nSPS) is 15.7. The Morgan fingerprint density at radius 2 is 1.13 bits per heavy atom. The lowest BCUT2D eigenvalue weighted by molar-refractivity contribution is -0.145. The van der Waals surface area contributed by atoms with Crippen molar-refractivity contribution in [1.29, 1.82) is 0 Å². The minimum Gasteiger partial charge on any atom is -0.493 e. The number of hydrogen-bond acceptors (Lipinski definition) is 16. The fourth-order valence-electron chi connectivity index (χ4n) is 9.86. The minimum absolute atomic E-state index is 0.0505. The Morgan fingerprint density at radius 3 is 1.66 bits per heavy atom. The van der Waals surface area contributed by atoms with Gasteiger partial charge in [-0.3, -0.25) is 29.4 Å². The molecule has 2 amide bonds. The van der Waals surface area contributed by atoms with Gasteiger partial charge in [0.1, 0.15) is 13.2 Å². The van der Waals surface area contributed by atoms with E-state index < -0.39 is 17.7 Å². The molecule has 5 heterocycles. The third-order valence-corrected chi connectivity index (χ3v) is 13.6. The van der Waals surface area contributed by atoms with Crippen LogP contribution < -0.4 is 38.5 Å². The van der Waals surface area contributed by atoms with Gasteiger partial charge >= 0.3 is 5.97 Å². The van der Waals surface area contributed by atoms with E-state index in [2.05, 4.69) is 4.90 Å². The smallest absolute Gasteiger partial charge is 0.333 e. The Morgan fingerprint density at radius 1 is 0.618 bits per heavy atom. The van der Waals surface area contributed by atoms with Crippen LogP contribution in [0.25, 0.3) is 0 Å². The van der Waals surface area contributed by atoms with Gasteiger partial charge in [0.05, 0.1) is 81.8 Å². The van der Waals surface area contributed by atoms with Gasteiger partial charge in [0.2, 0.25) is 11.8 Å². The molecular weight excluding hydrogens is 977 g/mol. The first-order valence-electron chi connectivity index (χ1n) is 25.0. The predicted molar refractivity (Wildman–Crippen MR) is 283 cm³/mol. The Kier molecular flexibility index (Phi) is 15.5. The molecular formula is C57H58N6O13. The minimum atomic E-state index is -0.667. The molecule has 4 aliphatic heterocycles. The van der Waals surface area contributed by atoms with Crippen molar-refractivity contribution < 1.29 is 62.6 Å². The molecule has 19 nitrogen and oxygen atoms in total. The second kappa shape index (κ2) is 23.0. The topological polar surface area (TPSA) is 205 Å². The number of amides is 2. The molecule has 5 aromatic carbocycles. The number of para-hydroxylation sites is 2. The lowest BCUT2D eigenvalue weighted by Crippen LogP contribution is -2.37. The zero-order chi connectivity index (χ0) is 52.7. The van der Waals surface area contributed by atoms with Crippen molar-refractivity contribution >= 4 is 58.6 Å². The van der Waals surface area contributed by atoms with Gasteiger partial charge in [-0.1, -0.05) is 36.4 Å². The zero-order valence-electron chi connectivity index (χ0n) is 42.4. The summed E-state index contributed by atoms with van der Waals surface area (Å²) in [4.78, 5) is 61.8. The van der Waals surface area contributed by atoms with E-state index in [1.165, 1.54) is 26.4 Å². The summed E-state index contributed by atoms with van der Waals surface area (Å²) < 4.78 is 42.1. The first-order chi connectivity index (χ1) is 37.1. The van der Waals surface area contributed by atoms with Gasteiger partial charge < -0.3 is 53.1 Å². The molecule has 2 N–H and O–H groups in total. The summed E-state index contributed by atoms with van der Waals surface area (Å²) in [5.74, 6) is -0.411. The number of carbonyl (C=O) groups excluding carboxylic acids is 3. The number of methoxy groups -OCH3 is 3. The van der Waals surface area contributed by atoms with Gasteiger partial charge in [-0.15, -0.1) is 4.73 Å². The molecule has 6 aromatic rings. The zero-order valence-corrected chi connectivity index (χ0v) is 42.4. The average molecular weight is 1040 g/mol. The Labute approximate surface area is 439 Å². The van der Waals surface area contributed by atoms with Gasteiger partial charge in [-0.2, -0.15) is 0 Å². The summed E-state index contributed by atoms with van der Waals surface area (Å²) in [6.07, 6.45) is 5.19. The van der Waals surface area contributed by atoms with Crippen LogP contribution in [0, 0.1) is 0 Å². The summed E-state index contributed by atoms with van der Waals surface area (Å²) in [7, 11) is 4.65. The number of nitrogens with zero attached hydrogens (tertiary/aromatic N) is 6. The van der Waals surface area contributed by atoms with Gasteiger partial charge in [0.25, 0.3) is 11.8 Å². The molecule has 0 fully saturated rings. The molecule has 2 atom stereocenters. The van der Waals surface area contributed by atoms with Crippen LogP contribution in [0.15, 0.2) is 113 Å². The summed E-state index contributed by atoms with van der Waals surface area (Å²) in [5, 5.41) is 20.1. The van der Waals surface area contributed by atoms with E-state index in [4.69, 9.17) is 48.0 Å². The lowest BCUT2D eigenvalue weighted by Gasteiger charge is -2.26. The number of benzene rings is 5. The molecule has 76 heavy (non-hydrogen) atoms. The number of carbonyl (C=O) groups is 3. The van der Waals surface area contributed by atoms with E-state index in [0.29, 0.717) is 116 Å². The Balaban J connectivity index is 0.931. The van der Waals surface area contributed by atoms with E-state index in [-0.39, 0.29) is 43.5 Å². The van der Waals surface area contributed by atoms with Crippen molar-refractivity contribution in [2.75, 3.05) is 82.2 Å². The van der Waals surface area contributed by atoms with Crippen LogP contribution >= 0.6 is 0 Å². The van der Waals surface area contributed by atoms with Crippen LogP contribution in [0.3, 0.4) is 0 Å². The van der Waals surface area contributed by atoms with Crippen molar-refractivity contribution in [2.45, 2.75) is 51.0 Å². The summed E-state index contributed by atoms with van der Waals surface area (Å²) >= 11 is 0.